The molecule has 1 aliphatic heterocycles. The standard InChI is InChI=1S/C8H14N2O3/c9-7(8(12)13)5-10-3-1-6(11)2-4-10/h7H,1-5,9H2,(H,12,13)/t7-/m0/s1. The first kappa shape index (κ1) is 10.1. The Morgan fingerprint density at radius 2 is 2.08 bits per heavy atom. The Hall–Kier alpha value is -0.940. The summed E-state index contributed by atoms with van der Waals surface area (Å²) in [6.45, 7) is 1.61. The molecule has 0 amide bonds. The van der Waals surface area contributed by atoms with Gasteiger partial charge in [-0.1, -0.05) is 0 Å². The number of nitrogens with two attached hydrogens (primary N) is 1. The van der Waals surface area contributed by atoms with Crippen LogP contribution in [0.2, 0.25) is 0 Å². The zero-order chi connectivity index (χ0) is 9.84. The van der Waals surface area contributed by atoms with Crippen molar-refractivity contribution >= 4 is 11.8 Å². The number of nitrogens with zero attached hydrogens (tertiary/aromatic N) is 1. The van der Waals surface area contributed by atoms with Gasteiger partial charge in [-0.15, -0.1) is 0 Å². The molecule has 1 rings (SSSR count). The van der Waals surface area contributed by atoms with Gasteiger partial charge in [0.15, 0.2) is 0 Å². The fraction of sp³-hybridized carbons (Fsp3) is 0.750. The van der Waals surface area contributed by atoms with Crippen molar-refractivity contribution < 1.29 is 14.7 Å². The van der Waals surface area contributed by atoms with Crippen molar-refractivity contribution in [1.29, 1.82) is 0 Å². The first-order valence-corrected chi connectivity index (χ1v) is 4.32. The predicted octanol–water partition coefficient (Wildman–Crippen LogP) is -0.937. The number of carboxylic acid groups (broad SMARTS) is 1. The van der Waals surface area contributed by atoms with E-state index in [-0.39, 0.29) is 5.78 Å². The van der Waals surface area contributed by atoms with Gasteiger partial charge in [0.05, 0.1) is 0 Å². The third-order valence-electron chi connectivity index (χ3n) is 2.19. The molecule has 13 heavy (non-hydrogen) atoms. The fourth-order valence-corrected chi connectivity index (χ4v) is 1.34. The molecule has 1 fully saturated rings. The molecule has 0 unspecified atom stereocenters. The van der Waals surface area contributed by atoms with Gasteiger partial charge in [-0.05, 0) is 0 Å². The van der Waals surface area contributed by atoms with Crippen molar-refractivity contribution in [2.75, 3.05) is 19.6 Å². The third kappa shape index (κ3) is 3.12. The second-order valence-electron chi connectivity index (χ2n) is 3.28. The molecule has 0 aromatic rings. The van der Waals surface area contributed by atoms with E-state index in [0.29, 0.717) is 32.5 Å². The van der Waals surface area contributed by atoms with Crippen LogP contribution >= 0.6 is 0 Å². The number of carboxylic acids is 1. The van der Waals surface area contributed by atoms with E-state index in [1.165, 1.54) is 0 Å². The van der Waals surface area contributed by atoms with Gasteiger partial charge in [0.2, 0.25) is 0 Å². The first-order valence-electron chi connectivity index (χ1n) is 4.32. The van der Waals surface area contributed by atoms with Crippen molar-refractivity contribution in [3.05, 3.63) is 0 Å². The van der Waals surface area contributed by atoms with E-state index in [4.69, 9.17) is 10.8 Å². The molecule has 0 aromatic carbocycles. The van der Waals surface area contributed by atoms with E-state index in [2.05, 4.69) is 0 Å². The van der Waals surface area contributed by atoms with Crippen LogP contribution in [-0.2, 0) is 9.59 Å². The minimum Gasteiger partial charge on any atom is -0.480 e. The highest BCUT2D eigenvalue weighted by atomic mass is 16.4. The van der Waals surface area contributed by atoms with Crippen molar-refractivity contribution in [1.82, 2.24) is 4.90 Å². The summed E-state index contributed by atoms with van der Waals surface area (Å²) in [6, 6.07) is -0.840. The molecule has 5 nitrogen and oxygen atoms in total. The van der Waals surface area contributed by atoms with Gasteiger partial charge in [0.25, 0.3) is 0 Å². The largest absolute Gasteiger partial charge is 0.480 e. The van der Waals surface area contributed by atoms with Crippen molar-refractivity contribution in [2.24, 2.45) is 5.73 Å². The van der Waals surface area contributed by atoms with Gasteiger partial charge in [-0.2, -0.15) is 0 Å². The Morgan fingerprint density at radius 3 is 2.54 bits per heavy atom. The van der Waals surface area contributed by atoms with Crippen molar-refractivity contribution in [2.45, 2.75) is 18.9 Å². The number of hydrogen-bond acceptors (Lipinski definition) is 4. The van der Waals surface area contributed by atoms with Crippen LogP contribution in [0.5, 0.6) is 0 Å². The maximum Gasteiger partial charge on any atom is 0.321 e. The lowest BCUT2D eigenvalue weighted by atomic mass is 10.1. The second-order valence-corrected chi connectivity index (χ2v) is 3.28. The van der Waals surface area contributed by atoms with E-state index >= 15 is 0 Å². The highest BCUT2D eigenvalue weighted by Crippen LogP contribution is 2.05. The molecule has 1 aliphatic rings. The Bertz CT molecular complexity index is 207. The molecule has 3 N–H and O–H groups in total. The number of likely N-dealkylation sites (tertiary alicyclic amines) is 1. The Labute approximate surface area is 76.5 Å². The van der Waals surface area contributed by atoms with Gasteiger partial charge < -0.3 is 15.7 Å². The zero-order valence-corrected chi connectivity index (χ0v) is 7.40. The van der Waals surface area contributed by atoms with E-state index in [1.807, 2.05) is 4.90 Å². The maximum absolute atomic E-state index is 10.9. The molecular formula is C8H14N2O3. The number of hydrogen-bond donors (Lipinski definition) is 2. The Kier molecular flexibility index (Phi) is 3.39. The molecule has 0 saturated carbocycles. The molecule has 1 atom stereocenters. The number of Topliss-reactive ketones (excluding diaryl/α,β-unsaturated/α-hetero) is 1. The quantitative estimate of drug-likeness (QED) is 0.594. The van der Waals surface area contributed by atoms with Crippen LogP contribution in [0.4, 0.5) is 0 Å². The number of carbonyl (C=O) groups excluding carboxylic acids is 1. The van der Waals surface area contributed by atoms with Gasteiger partial charge in [-0.3, -0.25) is 9.59 Å². The van der Waals surface area contributed by atoms with Crippen molar-refractivity contribution in [3.8, 4) is 0 Å². The minimum absolute atomic E-state index is 0.250. The molecule has 5 heteroatoms. The maximum atomic E-state index is 10.9. The van der Waals surface area contributed by atoms with Crippen LogP contribution in [0, 0.1) is 0 Å². The van der Waals surface area contributed by atoms with Crippen LogP contribution in [-0.4, -0.2) is 47.4 Å². The molecule has 1 saturated heterocycles. The summed E-state index contributed by atoms with van der Waals surface area (Å²) in [5.41, 5.74) is 5.36. The summed E-state index contributed by atoms with van der Waals surface area (Å²) < 4.78 is 0. The minimum atomic E-state index is -0.989. The molecule has 0 aliphatic carbocycles. The highest BCUT2D eigenvalue weighted by Gasteiger charge is 2.20. The Morgan fingerprint density at radius 1 is 1.54 bits per heavy atom. The summed E-state index contributed by atoms with van der Waals surface area (Å²) in [4.78, 5) is 23.2. The van der Waals surface area contributed by atoms with Gasteiger partial charge in [0.1, 0.15) is 11.8 Å². The molecule has 0 spiro atoms. The average molecular weight is 186 g/mol. The van der Waals surface area contributed by atoms with Crippen LogP contribution in [0.25, 0.3) is 0 Å². The smallest absolute Gasteiger partial charge is 0.321 e. The molecule has 0 aromatic heterocycles. The van der Waals surface area contributed by atoms with E-state index in [9.17, 15) is 9.59 Å². The molecule has 0 radical (unpaired) electrons. The molecule has 0 bridgehead atoms. The molecule has 74 valence electrons. The van der Waals surface area contributed by atoms with E-state index < -0.39 is 12.0 Å². The summed E-state index contributed by atoms with van der Waals surface area (Å²) in [7, 11) is 0. The number of aliphatic carboxylic acids is 1. The van der Waals surface area contributed by atoms with Gasteiger partial charge >= 0.3 is 5.97 Å². The molecular weight excluding hydrogens is 172 g/mol. The van der Waals surface area contributed by atoms with Crippen LogP contribution < -0.4 is 5.73 Å². The topological polar surface area (TPSA) is 83.6 Å². The number of ketones is 1. The highest BCUT2D eigenvalue weighted by molar-refractivity contribution is 5.79. The van der Waals surface area contributed by atoms with Gasteiger partial charge in [-0.25, -0.2) is 0 Å². The fourth-order valence-electron chi connectivity index (χ4n) is 1.34. The van der Waals surface area contributed by atoms with Crippen LogP contribution in [0.15, 0.2) is 0 Å². The summed E-state index contributed by atoms with van der Waals surface area (Å²) in [6.07, 6.45) is 1.04. The van der Waals surface area contributed by atoms with Crippen LogP contribution in [0.1, 0.15) is 12.8 Å². The van der Waals surface area contributed by atoms with Crippen molar-refractivity contribution in [3.63, 3.8) is 0 Å². The SMILES string of the molecule is N[C@@H](CN1CCC(=O)CC1)C(=O)O. The van der Waals surface area contributed by atoms with Crippen LogP contribution in [0.3, 0.4) is 0 Å². The summed E-state index contributed by atoms with van der Waals surface area (Å²) in [5, 5.41) is 8.55. The summed E-state index contributed by atoms with van der Waals surface area (Å²) >= 11 is 0. The normalized spacial score (nSPS) is 21.5. The number of rotatable bonds is 3. The lowest BCUT2D eigenvalue weighted by molar-refractivity contribution is -0.139. The molecule has 1 heterocycles. The monoisotopic (exact) mass is 186 g/mol. The third-order valence-corrected chi connectivity index (χ3v) is 2.19. The Balaban J connectivity index is 2.30. The number of piperidine rings is 1. The lowest BCUT2D eigenvalue weighted by Crippen LogP contribution is -2.45. The zero-order valence-electron chi connectivity index (χ0n) is 7.40. The first-order chi connectivity index (χ1) is 6.09. The lowest BCUT2D eigenvalue weighted by Gasteiger charge is -2.26. The van der Waals surface area contributed by atoms with E-state index in [0.717, 1.165) is 0 Å². The van der Waals surface area contributed by atoms with Gasteiger partial charge in [0, 0.05) is 32.5 Å². The van der Waals surface area contributed by atoms with E-state index in [1.54, 1.807) is 0 Å². The predicted molar refractivity (Wildman–Crippen MR) is 46.3 cm³/mol. The summed E-state index contributed by atoms with van der Waals surface area (Å²) in [5.74, 6) is -0.739. The number of carbonyl (C=O) groups is 2. The second kappa shape index (κ2) is 4.34. The average Bonchev–Trinajstić information content (AvgIpc) is 2.08.